The molecule has 1 aliphatic rings. The Morgan fingerprint density at radius 3 is 2.68 bits per heavy atom. The monoisotopic (exact) mass is 298 g/mol. The highest BCUT2D eigenvalue weighted by molar-refractivity contribution is 5.96. The van der Waals surface area contributed by atoms with Gasteiger partial charge in [-0.15, -0.1) is 0 Å². The Hall–Kier alpha value is -2.63. The van der Waals surface area contributed by atoms with Gasteiger partial charge < -0.3 is 15.4 Å². The van der Waals surface area contributed by atoms with Crippen molar-refractivity contribution in [1.29, 1.82) is 0 Å². The zero-order chi connectivity index (χ0) is 15.5. The van der Waals surface area contributed by atoms with E-state index in [1.165, 1.54) is 12.4 Å². The maximum atomic E-state index is 12.7. The van der Waals surface area contributed by atoms with Crippen molar-refractivity contribution in [3.8, 4) is 5.75 Å². The molecule has 0 spiro atoms. The SMILES string of the molecule is COc1ccc(C2CCCN2C(=O)c2nccnc2N)cc1. The van der Waals surface area contributed by atoms with Crippen LogP contribution in [0.15, 0.2) is 36.7 Å². The molecule has 1 fully saturated rings. The number of nitrogen functional groups attached to an aromatic ring is 1. The smallest absolute Gasteiger partial charge is 0.276 e. The highest BCUT2D eigenvalue weighted by Gasteiger charge is 2.32. The van der Waals surface area contributed by atoms with E-state index in [0.29, 0.717) is 6.54 Å². The van der Waals surface area contributed by atoms with Crippen LogP contribution in [-0.2, 0) is 0 Å². The van der Waals surface area contributed by atoms with Gasteiger partial charge in [-0.3, -0.25) is 4.79 Å². The highest BCUT2D eigenvalue weighted by Crippen LogP contribution is 2.34. The molecule has 2 aromatic rings. The number of hydrogen-bond acceptors (Lipinski definition) is 5. The Morgan fingerprint density at radius 1 is 1.27 bits per heavy atom. The van der Waals surface area contributed by atoms with Gasteiger partial charge in [0, 0.05) is 18.9 Å². The van der Waals surface area contributed by atoms with Gasteiger partial charge in [0.15, 0.2) is 11.5 Å². The Bertz CT molecular complexity index is 672. The summed E-state index contributed by atoms with van der Waals surface area (Å²) in [6.45, 7) is 0.700. The summed E-state index contributed by atoms with van der Waals surface area (Å²) in [5.41, 5.74) is 7.09. The molecule has 6 heteroatoms. The maximum absolute atomic E-state index is 12.7. The zero-order valence-corrected chi connectivity index (χ0v) is 12.4. The number of amides is 1. The van der Waals surface area contributed by atoms with Crippen LogP contribution in [0.4, 0.5) is 5.82 Å². The molecule has 1 amide bonds. The average Bonchev–Trinajstić information content (AvgIpc) is 3.04. The van der Waals surface area contributed by atoms with Crippen molar-refractivity contribution in [3.05, 3.63) is 47.9 Å². The van der Waals surface area contributed by atoms with Crippen molar-refractivity contribution in [2.75, 3.05) is 19.4 Å². The topological polar surface area (TPSA) is 81.3 Å². The molecule has 1 atom stereocenters. The molecule has 0 radical (unpaired) electrons. The van der Waals surface area contributed by atoms with Gasteiger partial charge >= 0.3 is 0 Å². The molecule has 22 heavy (non-hydrogen) atoms. The minimum absolute atomic E-state index is 0.0415. The second-order valence-corrected chi connectivity index (χ2v) is 5.22. The predicted octanol–water partition coefficient (Wildman–Crippen LogP) is 2.04. The van der Waals surface area contributed by atoms with Crippen molar-refractivity contribution >= 4 is 11.7 Å². The molecule has 2 N–H and O–H groups in total. The van der Waals surface area contributed by atoms with Crippen molar-refractivity contribution < 1.29 is 9.53 Å². The summed E-state index contributed by atoms with van der Waals surface area (Å²) >= 11 is 0. The highest BCUT2D eigenvalue weighted by atomic mass is 16.5. The summed E-state index contributed by atoms with van der Waals surface area (Å²) in [6, 6.07) is 7.85. The minimum atomic E-state index is -0.163. The molecule has 3 rings (SSSR count). The number of aromatic nitrogens is 2. The van der Waals surface area contributed by atoms with Crippen molar-refractivity contribution in [2.24, 2.45) is 0 Å². The lowest BCUT2D eigenvalue weighted by molar-refractivity contribution is 0.0730. The molecule has 1 aromatic heterocycles. The second-order valence-electron chi connectivity index (χ2n) is 5.22. The van der Waals surface area contributed by atoms with Crippen LogP contribution in [0.25, 0.3) is 0 Å². The van der Waals surface area contributed by atoms with Crippen LogP contribution in [0, 0.1) is 0 Å². The van der Waals surface area contributed by atoms with E-state index in [1.54, 1.807) is 7.11 Å². The zero-order valence-electron chi connectivity index (χ0n) is 12.4. The van der Waals surface area contributed by atoms with Crippen molar-refractivity contribution in [1.82, 2.24) is 14.9 Å². The van der Waals surface area contributed by atoms with E-state index in [4.69, 9.17) is 10.5 Å². The first kappa shape index (κ1) is 14.3. The first-order chi connectivity index (χ1) is 10.7. The van der Waals surface area contributed by atoms with E-state index in [0.717, 1.165) is 24.2 Å². The van der Waals surface area contributed by atoms with Crippen molar-refractivity contribution in [2.45, 2.75) is 18.9 Å². The summed E-state index contributed by atoms with van der Waals surface area (Å²) < 4.78 is 5.18. The lowest BCUT2D eigenvalue weighted by atomic mass is 10.0. The molecule has 1 saturated heterocycles. The third-order valence-electron chi connectivity index (χ3n) is 3.94. The third-order valence-corrected chi connectivity index (χ3v) is 3.94. The molecule has 1 aromatic carbocycles. The van der Waals surface area contributed by atoms with Gasteiger partial charge in [0.05, 0.1) is 13.2 Å². The maximum Gasteiger partial charge on any atom is 0.276 e. The summed E-state index contributed by atoms with van der Waals surface area (Å²) in [5, 5.41) is 0. The molecular weight excluding hydrogens is 280 g/mol. The van der Waals surface area contributed by atoms with E-state index in [-0.39, 0.29) is 23.5 Å². The third kappa shape index (κ3) is 2.59. The van der Waals surface area contributed by atoms with E-state index in [9.17, 15) is 4.79 Å². The molecule has 1 aliphatic heterocycles. The van der Waals surface area contributed by atoms with E-state index in [1.807, 2.05) is 29.2 Å². The number of anilines is 1. The number of rotatable bonds is 3. The Labute approximate surface area is 128 Å². The molecule has 2 heterocycles. The van der Waals surface area contributed by atoms with Crippen molar-refractivity contribution in [3.63, 3.8) is 0 Å². The van der Waals surface area contributed by atoms with Gasteiger partial charge in [-0.25, -0.2) is 9.97 Å². The lowest BCUT2D eigenvalue weighted by Crippen LogP contribution is -2.32. The van der Waals surface area contributed by atoms with Gasteiger partial charge in [-0.1, -0.05) is 12.1 Å². The van der Waals surface area contributed by atoms with Gasteiger partial charge in [-0.05, 0) is 30.5 Å². The minimum Gasteiger partial charge on any atom is -0.497 e. The summed E-state index contributed by atoms with van der Waals surface area (Å²) in [5.74, 6) is 0.814. The molecule has 1 unspecified atom stereocenters. The molecule has 0 saturated carbocycles. The van der Waals surface area contributed by atoms with Crippen LogP contribution in [0.5, 0.6) is 5.75 Å². The average molecular weight is 298 g/mol. The number of methoxy groups -OCH3 is 1. The van der Waals surface area contributed by atoms with Crippen LogP contribution in [0.2, 0.25) is 0 Å². The van der Waals surface area contributed by atoms with E-state index < -0.39 is 0 Å². The fraction of sp³-hybridized carbons (Fsp3) is 0.312. The number of hydrogen-bond donors (Lipinski definition) is 1. The van der Waals surface area contributed by atoms with Gasteiger partial charge in [-0.2, -0.15) is 0 Å². The fourth-order valence-corrected chi connectivity index (χ4v) is 2.83. The van der Waals surface area contributed by atoms with Gasteiger partial charge in [0.1, 0.15) is 5.75 Å². The molecule has 0 aliphatic carbocycles. The quantitative estimate of drug-likeness (QED) is 0.937. The Kier molecular flexibility index (Phi) is 3.91. The number of likely N-dealkylation sites (tertiary alicyclic amines) is 1. The molecule has 0 bridgehead atoms. The number of nitrogens with two attached hydrogens (primary N) is 1. The Morgan fingerprint density at radius 2 is 2.00 bits per heavy atom. The summed E-state index contributed by atoms with van der Waals surface area (Å²) in [7, 11) is 1.64. The normalized spacial score (nSPS) is 17.5. The van der Waals surface area contributed by atoms with Gasteiger partial charge in [0.25, 0.3) is 5.91 Å². The largest absolute Gasteiger partial charge is 0.497 e. The van der Waals surface area contributed by atoms with Crippen LogP contribution in [-0.4, -0.2) is 34.4 Å². The van der Waals surface area contributed by atoms with Crippen LogP contribution in [0.1, 0.15) is 34.9 Å². The summed E-state index contributed by atoms with van der Waals surface area (Å²) in [6.07, 6.45) is 4.86. The van der Waals surface area contributed by atoms with Crippen LogP contribution >= 0.6 is 0 Å². The number of nitrogens with zero attached hydrogens (tertiary/aromatic N) is 3. The number of carbonyl (C=O) groups is 1. The first-order valence-corrected chi connectivity index (χ1v) is 7.22. The Balaban J connectivity index is 1.86. The number of ether oxygens (including phenoxy) is 1. The predicted molar refractivity (Wildman–Crippen MR) is 82.4 cm³/mol. The molecule has 114 valence electrons. The van der Waals surface area contributed by atoms with E-state index in [2.05, 4.69) is 9.97 Å². The molecular formula is C16H18N4O2. The molecule has 6 nitrogen and oxygen atoms in total. The number of benzene rings is 1. The summed E-state index contributed by atoms with van der Waals surface area (Å²) in [4.78, 5) is 22.5. The second kappa shape index (κ2) is 6.01. The van der Waals surface area contributed by atoms with Gasteiger partial charge in [0.2, 0.25) is 0 Å². The van der Waals surface area contributed by atoms with Crippen LogP contribution in [0.3, 0.4) is 0 Å². The van der Waals surface area contributed by atoms with E-state index >= 15 is 0 Å². The standard InChI is InChI=1S/C16H18N4O2/c1-22-12-6-4-11(5-7-12)13-3-2-10-20(13)16(21)14-15(17)19-9-8-18-14/h4-9,13H,2-3,10H2,1H3,(H2,17,19). The lowest BCUT2D eigenvalue weighted by Gasteiger charge is -2.25. The fourth-order valence-electron chi connectivity index (χ4n) is 2.83. The first-order valence-electron chi connectivity index (χ1n) is 7.22. The van der Waals surface area contributed by atoms with Crippen LogP contribution < -0.4 is 10.5 Å². The number of carbonyl (C=O) groups excluding carboxylic acids is 1.